The summed E-state index contributed by atoms with van der Waals surface area (Å²) in [6.45, 7) is 12.0. The molecule has 0 bridgehead atoms. The first-order valence-corrected chi connectivity index (χ1v) is 8.90. The number of rotatable bonds is 4. The van der Waals surface area contributed by atoms with Gasteiger partial charge in [-0.05, 0) is 56.4 Å². The Labute approximate surface area is 131 Å². The van der Waals surface area contributed by atoms with Crippen molar-refractivity contribution in [2.45, 2.75) is 58.4 Å². The van der Waals surface area contributed by atoms with Crippen LogP contribution in [0.2, 0.25) is 0 Å². The molecule has 0 heterocycles. The summed E-state index contributed by atoms with van der Waals surface area (Å²) in [5.74, 6) is 0. The van der Waals surface area contributed by atoms with E-state index in [-0.39, 0.29) is 5.41 Å². The molecule has 0 aliphatic rings. The Morgan fingerprint density at radius 3 is 2.15 bits per heavy atom. The van der Waals surface area contributed by atoms with Crippen LogP contribution >= 0.6 is 15.9 Å². The number of sulfonamides is 1. The number of nitrogens with one attached hydrogen (secondary N) is 1. The highest BCUT2D eigenvalue weighted by atomic mass is 79.9. The Hall–Kier alpha value is -0.390. The van der Waals surface area contributed by atoms with Crippen molar-refractivity contribution in [1.29, 1.82) is 0 Å². The van der Waals surface area contributed by atoms with Crippen LogP contribution in [-0.2, 0) is 10.0 Å². The number of hydrogen-bond acceptors (Lipinski definition) is 2. The van der Waals surface area contributed by atoms with Gasteiger partial charge in [0.25, 0.3) is 0 Å². The van der Waals surface area contributed by atoms with E-state index in [9.17, 15) is 8.42 Å². The van der Waals surface area contributed by atoms with E-state index < -0.39 is 15.6 Å². The highest BCUT2D eigenvalue weighted by Gasteiger charge is 2.30. The van der Waals surface area contributed by atoms with Gasteiger partial charge in [0, 0.05) is 10.0 Å². The molecule has 0 radical (unpaired) electrons. The standard InChI is InChI=1S/C15H24BrNO2S/c1-11-9-12(7-8-13(11)16)20(18,19)17-15(5,6)10-14(2,3)4/h7-9,17H,10H2,1-6H3. The molecule has 0 amide bonds. The van der Waals surface area contributed by atoms with Crippen LogP contribution in [0.1, 0.15) is 46.6 Å². The van der Waals surface area contributed by atoms with Gasteiger partial charge in [-0.25, -0.2) is 13.1 Å². The lowest BCUT2D eigenvalue weighted by atomic mass is 9.82. The third-order valence-corrected chi connectivity index (χ3v) is 5.41. The zero-order valence-corrected chi connectivity index (χ0v) is 15.4. The number of halogens is 1. The summed E-state index contributed by atoms with van der Waals surface area (Å²) in [6, 6.07) is 5.06. The molecule has 5 heteroatoms. The van der Waals surface area contributed by atoms with Gasteiger partial charge in [0.15, 0.2) is 0 Å². The zero-order valence-electron chi connectivity index (χ0n) is 13.0. The van der Waals surface area contributed by atoms with Gasteiger partial charge < -0.3 is 0 Å². The largest absolute Gasteiger partial charge is 0.241 e. The van der Waals surface area contributed by atoms with Crippen LogP contribution in [0.3, 0.4) is 0 Å². The third-order valence-electron chi connectivity index (χ3n) is 2.82. The fourth-order valence-corrected chi connectivity index (χ4v) is 4.31. The van der Waals surface area contributed by atoms with E-state index in [1.54, 1.807) is 18.2 Å². The summed E-state index contributed by atoms with van der Waals surface area (Å²) in [6.07, 6.45) is 0.759. The maximum Gasteiger partial charge on any atom is 0.241 e. The van der Waals surface area contributed by atoms with Crippen LogP contribution in [0.15, 0.2) is 27.6 Å². The van der Waals surface area contributed by atoms with Crippen LogP contribution in [-0.4, -0.2) is 14.0 Å². The Balaban J connectivity index is 3.03. The number of benzene rings is 1. The minimum absolute atomic E-state index is 0.0572. The maximum atomic E-state index is 12.5. The SMILES string of the molecule is Cc1cc(S(=O)(=O)NC(C)(C)CC(C)(C)C)ccc1Br. The summed E-state index contributed by atoms with van der Waals surface area (Å²) in [7, 11) is -3.50. The van der Waals surface area contributed by atoms with Gasteiger partial charge in [0.1, 0.15) is 0 Å². The molecular weight excluding hydrogens is 338 g/mol. The van der Waals surface area contributed by atoms with Gasteiger partial charge >= 0.3 is 0 Å². The Kier molecular flexibility index (Phi) is 5.10. The molecule has 0 aliphatic heterocycles. The normalized spacial score (nSPS) is 13.6. The van der Waals surface area contributed by atoms with Crippen LogP contribution in [0.25, 0.3) is 0 Å². The van der Waals surface area contributed by atoms with Crippen LogP contribution in [0.5, 0.6) is 0 Å². The van der Waals surface area contributed by atoms with E-state index in [4.69, 9.17) is 0 Å². The second-order valence-electron chi connectivity index (χ2n) is 7.14. The molecule has 20 heavy (non-hydrogen) atoms. The Bertz CT molecular complexity index is 586. The van der Waals surface area contributed by atoms with Crippen molar-refractivity contribution >= 4 is 26.0 Å². The van der Waals surface area contributed by atoms with E-state index >= 15 is 0 Å². The van der Waals surface area contributed by atoms with Gasteiger partial charge in [-0.2, -0.15) is 0 Å². The minimum atomic E-state index is -3.50. The monoisotopic (exact) mass is 361 g/mol. The number of hydrogen-bond donors (Lipinski definition) is 1. The molecule has 1 aromatic carbocycles. The molecule has 0 aromatic heterocycles. The molecule has 1 N–H and O–H groups in total. The van der Waals surface area contributed by atoms with Crippen LogP contribution < -0.4 is 4.72 Å². The number of aryl methyl sites for hydroxylation is 1. The van der Waals surface area contributed by atoms with Crippen molar-refractivity contribution in [2.24, 2.45) is 5.41 Å². The molecule has 1 aromatic rings. The lowest BCUT2D eigenvalue weighted by molar-refractivity contribution is 0.269. The minimum Gasteiger partial charge on any atom is -0.207 e. The van der Waals surface area contributed by atoms with Gasteiger partial charge in [-0.1, -0.05) is 36.7 Å². The first kappa shape index (κ1) is 17.7. The van der Waals surface area contributed by atoms with Crippen LogP contribution in [0.4, 0.5) is 0 Å². The van der Waals surface area contributed by atoms with Crippen molar-refractivity contribution in [2.75, 3.05) is 0 Å². The van der Waals surface area contributed by atoms with Gasteiger partial charge in [0.05, 0.1) is 4.90 Å². The molecule has 0 spiro atoms. The average Bonchev–Trinajstić information content (AvgIpc) is 2.16. The van der Waals surface area contributed by atoms with Crippen molar-refractivity contribution in [3.05, 3.63) is 28.2 Å². The zero-order chi connectivity index (χ0) is 15.8. The fourth-order valence-electron chi connectivity index (χ4n) is 2.57. The molecule has 0 atom stereocenters. The molecule has 0 unspecified atom stereocenters. The summed E-state index contributed by atoms with van der Waals surface area (Å²) in [5.41, 5.74) is 0.473. The average molecular weight is 362 g/mol. The Morgan fingerprint density at radius 2 is 1.70 bits per heavy atom. The van der Waals surface area contributed by atoms with E-state index in [0.717, 1.165) is 16.5 Å². The highest BCUT2D eigenvalue weighted by Crippen LogP contribution is 2.28. The summed E-state index contributed by atoms with van der Waals surface area (Å²) in [4.78, 5) is 0.306. The lowest BCUT2D eigenvalue weighted by Crippen LogP contribution is -2.45. The molecule has 0 aliphatic carbocycles. The summed E-state index contributed by atoms with van der Waals surface area (Å²) >= 11 is 3.38. The quantitative estimate of drug-likeness (QED) is 0.870. The first-order chi connectivity index (χ1) is 8.82. The van der Waals surface area contributed by atoms with Crippen molar-refractivity contribution < 1.29 is 8.42 Å². The maximum absolute atomic E-state index is 12.5. The fraction of sp³-hybridized carbons (Fsp3) is 0.600. The molecule has 0 saturated carbocycles. The van der Waals surface area contributed by atoms with Gasteiger partial charge in [-0.15, -0.1) is 0 Å². The van der Waals surface area contributed by atoms with Crippen LogP contribution in [0, 0.1) is 12.3 Å². The molecule has 3 nitrogen and oxygen atoms in total. The van der Waals surface area contributed by atoms with Crippen molar-refractivity contribution in [1.82, 2.24) is 4.72 Å². The Morgan fingerprint density at radius 1 is 1.15 bits per heavy atom. The summed E-state index contributed by atoms with van der Waals surface area (Å²) < 4.78 is 28.7. The molecule has 0 saturated heterocycles. The van der Waals surface area contributed by atoms with E-state index in [0.29, 0.717) is 4.90 Å². The molecular formula is C15H24BrNO2S. The van der Waals surface area contributed by atoms with Crippen molar-refractivity contribution in [3.8, 4) is 0 Å². The second kappa shape index (κ2) is 5.78. The second-order valence-corrected chi connectivity index (χ2v) is 9.67. The molecule has 0 fully saturated rings. The van der Waals surface area contributed by atoms with Gasteiger partial charge in [-0.3, -0.25) is 0 Å². The third kappa shape index (κ3) is 5.19. The lowest BCUT2D eigenvalue weighted by Gasteiger charge is -2.33. The smallest absolute Gasteiger partial charge is 0.207 e. The topological polar surface area (TPSA) is 46.2 Å². The van der Waals surface area contributed by atoms with E-state index in [2.05, 4.69) is 41.4 Å². The predicted molar refractivity (Wildman–Crippen MR) is 87.4 cm³/mol. The predicted octanol–water partition coefficient (Wildman–Crippen LogP) is 4.25. The van der Waals surface area contributed by atoms with E-state index in [1.165, 1.54) is 0 Å². The highest BCUT2D eigenvalue weighted by molar-refractivity contribution is 9.10. The van der Waals surface area contributed by atoms with Crippen molar-refractivity contribution in [3.63, 3.8) is 0 Å². The molecule has 114 valence electrons. The summed E-state index contributed by atoms with van der Waals surface area (Å²) in [5, 5.41) is 0. The van der Waals surface area contributed by atoms with Gasteiger partial charge in [0.2, 0.25) is 10.0 Å². The van der Waals surface area contributed by atoms with E-state index in [1.807, 2.05) is 20.8 Å². The first-order valence-electron chi connectivity index (χ1n) is 6.63. The molecule has 1 rings (SSSR count).